The van der Waals surface area contributed by atoms with E-state index in [9.17, 15) is 41.1 Å². The van der Waals surface area contributed by atoms with Gasteiger partial charge in [0, 0.05) is 11.6 Å². The lowest BCUT2D eigenvalue weighted by Crippen LogP contribution is -2.33. The fraction of sp³-hybridized carbons (Fsp3) is 0.132. The van der Waals surface area contributed by atoms with E-state index in [0.717, 1.165) is 68.7 Å². The van der Waals surface area contributed by atoms with E-state index in [-0.39, 0.29) is 50.4 Å². The Morgan fingerprint density at radius 2 is 0.986 bits per heavy atom. The van der Waals surface area contributed by atoms with Gasteiger partial charge in [0.15, 0.2) is 23.0 Å². The number of alkyl halides is 3. The molecule has 8 rings (SSSR count). The summed E-state index contributed by atoms with van der Waals surface area (Å²) in [6.45, 7) is -0.896. The molecule has 2 N–H and O–H groups in total. The van der Waals surface area contributed by atoms with E-state index >= 15 is 0 Å². The number of hydrogen-bond donors (Lipinski definition) is 2. The highest BCUT2D eigenvalue weighted by atomic mass is 32.2. The second kappa shape index (κ2) is 24.9. The largest absolute Gasteiger partial charge is 0.485 e. The van der Waals surface area contributed by atoms with Gasteiger partial charge in [-0.05, 0) is 88.5 Å². The number of ether oxygens (including phenoxy) is 4. The lowest BCUT2D eigenvalue weighted by Gasteiger charge is -2.15. The average Bonchev–Trinajstić information content (AvgIpc) is 3.78. The van der Waals surface area contributed by atoms with Gasteiger partial charge in [-0.3, -0.25) is 29.0 Å². The van der Waals surface area contributed by atoms with Gasteiger partial charge in [0.2, 0.25) is 0 Å². The number of aliphatic carboxylic acids is 2. The molecule has 2 fully saturated rings. The molecule has 2 heterocycles. The molecule has 0 bridgehead atoms. The molecule has 6 aromatic carbocycles. The Bertz CT molecular complexity index is 3160. The van der Waals surface area contributed by atoms with Crippen LogP contribution in [0, 0.1) is 11.6 Å². The summed E-state index contributed by atoms with van der Waals surface area (Å²) in [4.78, 5) is 49.9. The summed E-state index contributed by atoms with van der Waals surface area (Å²) in [6.07, 6.45) is -1.32. The second-order valence-electron chi connectivity index (χ2n) is 15.8. The lowest BCUT2D eigenvalue weighted by atomic mass is 10.1. The van der Waals surface area contributed by atoms with Crippen molar-refractivity contribution in [2.75, 3.05) is 13.1 Å². The average molecular weight is 1090 g/mol. The predicted molar refractivity (Wildman–Crippen MR) is 276 cm³/mol. The van der Waals surface area contributed by atoms with Crippen LogP contribution in [0.4, 0.5) is 22.0 Å². The zero-order chi connectivity index (χ0) is 52.9. The van der Waals surface area contributed by atoms with Crippen molar-refractivity contribution < 1.29 is 70.3 Å². The standard InChI is InChI=1S/C27H20F3NO5S2.C26H19F2NO5S2/c28-27(29,30)20-8-4-7-19(11-20)16-35-21-10-9-18(12-22(21)36-15-17-5-2-1-3-6-17)13-23-25(34)31(14-24(32)33)26(37)38-23;27-19-8-7-18(20(28)12-19)15-34-21-9-6-17(10-22(21)33-14-16-4-2-1-3-5-16)11-23-25(32)29(13-24(30)31)26(35)36-23/h1-13H,14-16H2,(H,32,33);1-12H,13-15H2,(H,30,31). The molecule has 12 nitrogen and oxygen atoms in total. The molecule has 0 spiro atoms. The third-order valence-corrected chi connectivity index (χ3v) is 13.1. The number of carbonyl (C=O) groups excluding carboxylic acids is 2. The summed E-state index contributed by atoms with van der Waals surface area (Å²) in [5.74, 6) is -3.47. The first-order chi connectivity index (χ1) is 35.4. The maximum atomic E-state index is 14.0. The highest BCUT2D eigenvalue weighted by Gasteiger charge is 2.35. The predicted octanol–water partition coefficient (Wildman–Crippen LogP) is 11.6. The number of nitrogens with zero attached hydrogens (tertiary/aromatic N) is 2. The van der Waals surface area contributed by atoms with Crippen molar-refractivity contribution in [2.45, 2.75) is 32.6 Å². The summed E-state index contributed by atoms with van der Waals surface area (Å²) in [5.41, 5.74) is 2.69. The van der Waals surface area contributed by atoms with E-state index in [2.05, 4.69) is 0 Å². The minimum atomic E-state index is -4.47. The van der Waals surface area contributed by atoms with Crippen LogP contribution in [0.15, 0.2) is 149 Å². The van der Waals surface area contributed by atoms with Gasteiger partial charge in [-0.2, -0.15) is 13.2 Å². The smallest absolute Gasteiger partial charge is 0.416 e. The number of carbonyl (C=O) groups is 4. The van der Waals surface area contributed by atoms with E-state index in [1.807, 2.05) is 60.7 Å². The van der Waals surface area contributed by atoms with Crippen molar-refractivity contribution >= 4 is 92.5 Å². The molecule has 21 heteroatoms. The minimum absolute atomic E-state index is 0.126. The fourth-order valence-corrected chi connectivity index (χ4v) is 9.31. The zero-order valence-electron chi connectivity index (χ0n) is 38.3. The van der Waals surface area contributed by atoms with Gasteiger partial charge in [-0.1, -0.05) is 133 Å². The molecule has 2 amide bonds. The number of carboxylic acids is 2. The number of thioether (sulfide) groups is 2. The number of hydrogen-bond acceptors (Lipinski definition) is 12. The van der Waals surface area contributed by atoms with E-state index in [4.69, 9.17) is 53.6 Å². The number of amides is 2. The van der Waals surface area contributed by atoms with E-state index in [1.54, 1.807) is 48.6 Å². The first-order valence-electron chi connectivity index (χ1n) is 21.8. The van der Waals surface area contributed by atoms with Crippen LogP contribution < -0.4 is 18.9 Å². The number of carboxylic acid groups (broad SMARTS) is 2. The highest BCUT2D eigenvalue weighted by Crippen LogP contribution is 2.38. The van der Waals surface area contributed by atoms with Gasteiger partial charge in [0.1, 0.15) is 59.8 Å². The molecule has 0 saturated carbocycles. The van der Waals surface area contributed by atoms with E-state index in [0.29, 0.717) is 39.7 Å². The Balaban J connectivity index is 0.000000217. The first kappa shape index (κ1) is 54.2. The molecule has 0 atom stereocenters. The first-order valence-corrected chi connectivity index (χ1v) is 24.3. The lowest BCUT2D eigenvalue weighted by molar-refractivity contribution is -0.140. The normalized spacial score (nSPS) is 14.6. The number of benzene rings is 6. The minimum Gasteiger partial charge on any atom is -0.485 e. The molecular weight excluding hydrogens is 1050 g/mol. The third-order valence-electron chi connectivity index (χ3n) is 10.4. The van der Waals surface area contributed by atoms with Gasteiger partial charge in [0.05, 0.1) is 15.4 Å². The zero-order valence-corrected chi connectivity index (χ0v) is 41.5. The summed E-state index contributed by atoms with van der Waals surface area (Å²) in [5, 5.41) is 18.0. The number of thiocarbonyl (C=S) groups is 2. The van der Waals surface area contributed by atoms with Gasteiger partial charge >= 0.3 is 18.1 Å². The molecule has 2 saturated heterocycles. The third kappa shape index (κ3) is 15.0. The van der Waals surface area contributed by atoms with Crippen LogP contribution in [0.2, 0.25) is 0 Å². The number of rotatable bonds is 18. The maximum absolute atomic E-state index is 14.0. The van der Waals surface area contributed by atoms with E-state index < -0.39 is 60.2 Å². The molecule has 0 aliphatic carbocycles. The Kier molecular flexibility index (Phi) is 18.2. The van der Waals surface area contributed by atoms with Crippen LogP contribution in [-0.4, -0.2) is 65.5 Å². The molecule has 0 unspecified atom stereocenters. The fourth-order valence-electron chi connectivity index (χ4n) is 6.80. The molecular formula is C53H39F5N2O10S4. The Morgan fingerprint density at radius 3 is 1.45 bits per heavy atom. The molecule has 2 aliphatic heterocycles. The van der Waals surface area contributed by atoms with Gasteiger partial charge in [-0.25, -0.2) is 8.78 Å². The van der Waals surface area contributed by atoms with Gasteiger partial charge in [0.25, 0.3) is 11.8 Å². The number of halogens is 5. The van der Waals surface area contributed by atoms with Gasteiger partial charge in [-0.15, -0.1) is 0 Å². The van der Waals surface area contributed by atoms with Crippen LogP contribution in [-0.2, 0) is 51.8 Å². The van der Waals surface area contributed by atoms with Crippen LogP contribution in [0.3, 0.4) is 0 Å². The van der Waals surface area contributed by atoms with Crippen molar-refractivity contribution in [3.8, 4) is 23.0 Å². The maximum Gasteiger partial charge on any atom is 0.416 e. The van der Waals surface area contributed by atoms with Crippen LogP contribution in [0.5, 0.6) is 23.0 Å². The molecule has 6 aromatic rings. The van der Waals surface area contributed by atoms with Crippen molar-refractivity contribution in [2.24, 2.45) is 0 Å². The van der Waals surface area contributed by atoms with Crippen molar-refractivity contribution in [3.05, 3.63) is 200 Å². The molecule has 380 valence electrons. The molecule has 2 aliphatic rings. The van der Waals surface area contributed by atoms with Crippen LogP contribution in [0.1, 0.15) is 38.9 Å². The van der Waals surface area contributed by atoms with Crippen molar-refractivity contribution in [3.63, 3.8) is 0 Å². The Morgan fingerprint density at radius 1 is 0.541 bits per heavy atom. The Hall–Kier alpha value is -7.59. The SMILES string of the molecule is O=C(O)CN1C(=O)C(=Cc2ccc(OCc3ccc(F)cc3F)c(OCc3ccccc3)c2)SC1=S.O=C(O)CN1C(=O)C(=Cc2ccc(OCc3cccc(C(F)(F)F)c3)c(OCc3ccccc3)c2)SC1=S. The summed E-state index contributed by atoms with van der Waals surface area (Å²) in [7, 11) is 0. The van der Waals surface area contributed by atoms with Crippen molar-refractivity contribution in [1.29, 1.82) is 0 Å². The second-order valence-corrected chi connectivity index (χ2v) is 19.1. The topological polar surface area (TPSA) is 152 Å². The summed E-state index contributed by atoms with van der Waals surface area (Å²) >= 11 is 12.3. The summed E-state index contributed by atoms with van der Waals surface area (Å²) in [6, 6.07) is 36.7. The molecule has 0 aromatic heterocycles. The Labute approximate surface area is 439 Å². The summed E-state index contributed by atoms with van der Waals surface area (Å²) < 4.78 is 90.3. The van der Waals surface area contributed by atoms with Crippen molar-refractivity contribution in [1.82, 2.24) is 9.80 Å². The van der Waals surface area contributed by atoms with E-state index in [1.165, 1.54) is 18.2 Å². The quantitative estimate of drug-likeness (QED) is 0.0477. The van der Waals surface area contributed by atoms with Gasteiger partial charge < -0.3 is 29.2 Å². The van der Waals surface area contributed by atoms with Crippen LogP contribution >= 0.6 is 48.0 Å². The molecule has 74 heavy (non-hydrogen) atoms. The van der Waals surface area contributed by atoms with Crippen LogP contribution in [0.25, 0.3) is 12.2 Å². The molecule has 0 radical (unpaired) electrons. The highest BCUT2D eigenvalue weighted by molar-refractivity contribution is 8.27. The monoisotopic (exact) mass is 1090 g/mol.